The molecule has 0 unspecified atom stereocenters. The SMILES string of the molecule is CO[CH]Cc1ccc([N+](=O)[O-])cc1. The number of methoxy groups -OCH3 is 1. The number of rotatable bonds is 4. The molecule has 0 aliphatic heterocycles. The van der Waals surface area contributed by atoms with Gasteiger partial charge in [0.15, 0.2) is 0 Å². The maximum Gasteiger partial charge on any atom is 0.269 e. The van der Waals surface area contributed by atoms with Crippen LogP contribution in [0.4, 0.5) is 5.69 Å². The number of ether oxygens (including phenoxy) is 1. The summed E-state index contributed by atoms with van der Waals surface area (Å²) in [4.78, 5) is 9.89. The fraction of sp³-hybridized carbons (Fsp3) is 0.222. The Kier molecular flexibility index (Phi) is 3.40. The fourth-order valence-electron chi connectivity index (χ4n) is 0.933. The van der Waals surface area contributed by atoms with Gasteiger partial charge in [0.05, 0.1) is 11.5 Å². The van der Waals surface area contributed by atoms with Crippen LogP contribution in [-0.4, -0.2) is 12.0 Å². The van der Waals surface area contributed by atoms with Gasteiger partial charge in [-0.3, -0.25) is 10.1 Å². The molecule has 0 N–H and O–H groups in total. The third kappa shape index (κ3) is 2.83. The summed E-state index contributed by atoms with van der Waals surface area (Å²) < 4.78 is 4.76. The van der Waals surface area contributed by atoms with Gasteiger partial charge in [-0.15, -0.1) is 0 Å². The second-order valence-corrected chi connectivity index (χ2v) is 2.53. The Bertz CT molecular complexity index is 281. The first-order chi connectivity index (χ1) is 6.24. The van der Waals surface area contributed by atoms with Gasteiger partial charge in [-0.1, -0.05) is 12.1 Å². The van der Waals surface area contributed by atoms with Crippen LogP contribution in [0.15, 0.2) is 24.3 Å². The molecule has 0 saturated carbocycles. The molecule has 1 aromatic rings. The highest BCUT2D eigenvalue weighted by Crippen LogP contribution is 2.12. The second kappa shape index (κ2) is 4.57. The van der Waals surface area contributed by atoms with Gasteiger partial charge < -0.3 is 4.74 Å². The molecule has 0 amide bonds. The largest absolute Gasteiger partial charge is 0.378 e. The lowest BCUT2D eigenvalue weighted by Gasteiger charge is -1.98. The van der Waals surface area contributed by atoms with Gasteiger partial charge in [0.2, 0.25) is 0 Å². The average molecular weight is 180 g/mol. The number of hydrogen-bond donors (Lipinski definition) is 0. The zero-order chi connectivity index (χ0) is 9.68. The summed E-state index contributed by atoms with van der Waals surface area (Å²) in [5.41, 5.74) is 1.11. The third-order valence-electron chi connectivity index (χ3n) is 1.63. The molecule has 4 nitrogen and oxygen atoms in total. The third-order valence-corrected chi connectivity index (χ3v) is 1.63. The Labute approximate surface area is 76.3 Å². The van der Waals surface area contributed by atoms with E-state index >= 15 is 0 Å². The molecule has 0 aliphatic carbocycles. The number of hydrogen-bond acceptors (Lipinski definition) is 3. The predicted octanol–water partition coefficient (Wildman–Crippen LogP) is 1.95. The number of benzene rings is 1. The van der Waals surface area contributed by atoms with Crippen LogP contribution in [0.5, 0.6) is 0 Å². The van der Waals surface area contributed by atoms with E-state index in [4.69, 9.17) is 4.74 Å². The Balaban J connectivity index is 2.64. The van der Waals surface area contributed by atoms with Gasteiger partial charge in [0, 0.05) is 25.7 Å². The van der Waals surface area contributed by atoms with Gasteiger partial charge in [0.25, 0.3) is 5.69 Å². The molecule has 69 valence electrons. The van der Waals surface area contributed by atoms with E-state index < -0.39 is 4.92 Å². The van der Waals surface area contributed by atoms with Crippen molar-refractivity contribution in [2.45, 2.75) is 6.42 Å². The van der Waals surface area contributed by atoms with E-state index in [0.29, 0.717) is 6.42 Å². The summed E-state index contributed by atoms with van der Waals surface area (Å²) in [6.45, 7) is 1.64. The predicted molar refractivity (Wildman–Crippen MR) is 48.1 cm³/mol. The molecular weight excluding hydrogens is 170 g/mol. The van der Waals surface area contributed by atoms with Crippen LogP contribution >= 0.6 is 0 Å². The number of non-ortho nitro benzene ring substituents is 1. The fourth-order valence-corrected chi connectivity index (χ4v) is 0.933. The summed E-state index contributed by atoms with van der Waals surface area (Å²) in [7, 11) is 1.57. The van der Waals surface area contributed by atoms with Crippen LogP contribution in [0.1, 0.15) is 5.56 Å². The molecule has 1 rings (SSSR count). The van der Waals surface area contributed by atoms with Crippen LogP contribution < -0.4 is 0 Å². The normalized spacial score (nSPS) is 9.92. The minimum absolute atomic E-state index is 0.112. The van der Waals surface area contributed by atoms with E-state index in [1.165, 1.54) is 12.1 Å². The van der Waals surface area contributed by atoms with Crippen molar-refractivity contribution in [3.8, 4) is 0 Å². The zero-order valence-corrected chi connectivity index (χ0v) is 7.27. The molecule has 4 heteroatoms. The summed E-state index contributed by atoms with van der Waals surface area (Å²) >= 11 is 0. The van der Waals surface area contributed by atoms with E-state index in [9.17, 15) is 10.1 Å². The lowest BCUT2D eigenvalue weighted by Crippen LogP contribution is -1.90. The molecular formula is C9H10NO3. The van der Waals surface area contributed by atoms with Crippen molar-refractivity contribution < 1.29 is 9.66 Å². The van der Waals surface area contributed by atoms with Gasteiger partial charge in [-0.05, 0) is 5.56 Å². The van der Waals surface area contributed by atoms with Gasteiger partial charge in [-0.2, -0.15) is 0 Å². The molecule has 1 aromatic carbocycles. The molecule has 0 atom stereocenters. The number of nitro groups is 1. The smallest absolute Gasteiger partial charge is 0.269 e. The minimum Gasteiger partial charge on any atom is -0.378 e. The average Bonchev–Trinajstić information content (AvgIpc) is 2.15. The van der Waals surface area contributed by atoms with Gasteiger partial charge >= 0.3 is 0 Å². The molecule has 0 bridgehead atoms. The Morgan fingerprint density at radius 3 is 2.54 bits per heavy atom. The van der Waals surface area contributed by atoms with E-state index in [1.54, 1.807) is 25.8 Å². The lowest BCUT2D eigenvalue weighted by atomic mass is 10.1. The van der Waals surface area contributed by atoms with Crippen LogP contribution in [-0.2, 0) is 11.2 Å². The number of nitro benzene ring substituents is 1. The maximum atomic E-state index is 10.3. The summed E-state index contributed by atoms with van der Waals surface area (Å²) in [6, 6.07) is 6.40. The summed E-state index contributed by atoms with van der Waals surface area (Å²) in [5.74, 6) is 0. The van der Waals surface area contributed by atoms with Crippen molar-refractivity contribution in [1.29, 1.82) is 0 Å². The van der Waals surface area contributed by atoms with E-state index in [2.05, 4.69) is 0 Å². The molecule has 0 fully saturated rings. The summed E-state index contributed by atoms with van der Waals surface area (Å²) in [5, 5.41) is 10.3. The van der Waals surface area contributed by atoms with Crippen LogP contribution in [0, 0.1) is 16.7 Å². The molecule has 0 heterocycles. The van der Waals surface area contributed by atoms with Crippen LogP contribution in [0.3, 0.4) is 0 Å². The maximum absolute atomic E-state index is 10.3. The highest BCUT2D eigenvalue weighted by atomic mass is 16.6. The van der Waals surface area contributed by atoms with E-state index in [0.717, 1.165) is 5.56 Å². The molecule has 0 aromatic heterocycles. The van der Waals surface area contributed by atoms with Crippen molar-refractivity contribution in [3.05, 3.63) is 46.6 Å². The Morgan fingerprint density at radius 1 is 1.46 bits per heavy atom. The second-order valence-electron chi connectivity index (χ2n) is 2.53. The first kappa shape index (κ1) is 9.67. The van der Waals surface area contributed by atoms with Gasteiger partial charge in [-0.25, -0.2) is 0 Å². The van der Waals surface area contributed by atoms with Gasteiger partial charge in [0.1, 0.15) is 0 Å². The van der Waals surface area contributed by atoms with Crippen molar-refractivity contribution >= 4 is 5.69 Å². The van der Waals surface area contributed by atoms with Crippen LogP contribution in [0.2, 0.25) is 0 Å². The standard InChI is InChI=1S/C9H10NO3/c1-13-7-6-8-2-4-9(5-3-8)10(11)12/h2-5,7H,6H2,1H3. The lowest BCUT2D eigenvalue weighted by molar-refractivity contribution is -0.384. The monoisotopic (exact) mass is 180 g/mol. The van der Waals surface area contributed by atoms with Crippen molar-refractivity contribution in [2.24, 2.45) is 0 Å². The molecule has 0 aliphatic rings. The van der Waals surface area contributed by atoms with Crippen LogP contribution in [0.25, 0.3) is 0 Å². The Hall–Kier alpha value is -1.42. The van der Waals surface area contributed by atoms with E-state index in [-0.39, 0.29) is 5.69 Å². The number of nitrogens with zero attached hydrogens (tertiary/aromatic N) is 1. The summed E-state index contributed by atoms with van der Waals surface area (Å²) in [6.07, 6.45) is 0.661. The highest BCUT2D eigenvalue weighted by molar-refractivity contribution is 5.33. The molecule has 1 radical (unpaired) electrons. The highest BCUT2D eigenvalue weighted by Gasteiger charge is 2.03. The molecule has 0 spiro atoms. The topological polar surface area (TPSA) is 52.4 Å². The zero-order valence-electron chi connectivity index (χ0n) is 7.27. The molecule has 13 heavy (non-hydrogen) atoms. The molecule has 0 saturated heterocycles. The first-order valence-electron chi connectivity index (χ1n) is 3.82. The van der Waals surface area contributed by atoms with Crippen molar-refractivity contribution in [2.75, 3.05) is 7.11 Å². The van der Waals surface area contributed by atoms with Crippen molar-refractivity contribution in [1.82, 2.24) is 0 Å². The minimum atomic E-state index is -0.413. The van der Waals surface area contributed by atoms with Crippen molar-refractivity contribution in [3.63, 3.8) is 0 Å². The van der Waals surface area contributed by atoms with E-state index in [1.807, 2.05) is 0 Å². The Morgan fingerprint density at radius 2 is 2.08 bits per heavy atom. The quantitative estimate of drug-likeness (QED) is 0.525. The first-order valence-corrected chi connectivity index (χ1v) is 3.82.